The lowest BCUT2D eigenvalue weighted by atomic mass is 10.1. The Bertz CT molecular complexity index is 1300. The fourth-order valence-corrected chi connectivity index (χ4v) is 3.87. The quantitative estimate of drug-likeness (QED) is 0.427. The molecule has 0 aliphatic carbocycles. The number of hydrogen-bond donors (Lipinski definition) is 1. The van der Waals surface area contributed by atoms with Crippen LogP contribution in [-0.2, 0) is 12.4 Å². The van der Waals surface area contributed by atoms with E-state index in [1.54, 1.807) is 0 Å². The van der Waals surface area contributed by atoms with Gasteiger partial charge in [0.15, 0.2) is 0 Å². The Morgan fingerprint density at radius 1 is 0.842 bits per heavy atom. The maximum Gasteiger partial charge on any atom is 0.416 e. The van der Waals surface area contributed by atoms with E-state index >= 15 is 0 Å². The van der Waals surface area contributed by atoms with Gasteiger partial charge in [-0.15, -0.1) is 0 Å². The van der Waals surface area contributed by atoms with Gasteiger partial charge in [-0.05, 0) is 54.6 Å². The number of alkyl halides is 6. The summed E-state index contributed by atoms with van der Waals surface area (Å²) in [7, 11) is 0. The molecule has 2 heterocycles. The van der Waals surface area contributed by atoms with Crippen LogP contribution in [0.5, 0.6) is 11.6 Å². The van der Waals surface area contributed by atoms with Crippen LogP contribution < -0.4 is 9.64 Å². The zero-order valence-electron chi connectivity index (χ0n) is 19.4. The van der Waals surface area contributed by atoms with Crippen molar-refractivity contribution in [3.05, 3.63) is 83.0 Å². The van der Waals surface area contributed by atoms with Crippen LogP contribution in [0.3, 0.4) is 0 Å². The molecule has 0 atom stereocenters. The summed E-state index contributed by atoms with van der Waals surface area (Å²) >= 11 is 0. The second-order valence-corrected chi connectivity index (χ2v) is 8.33. The first kappa shape index (κ1) is 26.8. The van der Waals surface area contributed by atoms with E-state index in [0.717, 1.165) is 0 Å². The van der Waals surface area contributed by atoms with Crippen molar-refractivity contribution >= 4 is 17.6 Å². The molecule has 0 unspecified atom stereocenters. The number of nitrogens with zero attached hydrogens (tertiary/aromatic N) is 3. The number of rotatable bonds is 5. The molecule has 2 aromatic carbocycles. The van der Waals surface area contributed by atoms with E-state index < -0.39 is 35.4 Å². The number of hydrogen-bond acceptors (Lipinski definition) is 5. The number of pyridine rings is 1. The van der Waals surface area contributed by atoms with Crippen LogP contribution in [0.1, 0.15) is 31.8 Å². The highest BCUT2D eigenvalue weighted by Crippen LogP contribution is 2.38. The van der Waals surface area contributed by atoms with Crippen LogP contribution >= 0.6 is 0 Å². The minimum atomic E-state index is -4.96. The minimum absolute atomic E-state index is 0.00253. The first-order valence-corrected chi connectivity index (χ1v) is 11.1. The highest BCUT2D eigenvalue weighted by Gasteiger charge is 2.38. The topological polar surface area (TPSA) is 83.0 Å². The predicted molar refractivity (Wildman–Crippen MR) is 122 cm³/mol. The molecule has 4 rings (SSSR count). The van der Waals surface area contributed by atoms with Crippen LogP contribution in [0.4, 0.5) is 32.0 Å². The Morgan fingerprint density at radius 2 is 1.42 bits per heavy atom. The van der Waals surface area contributed by atoms with Gasteiger partial charge in [0.25, 0.3) is 5.91 Å². The van der Waals surface area contributed by atoms with Crippen LogP contribution in [0.15, 0.2) is 60.8 Å². The van der Waals surface area contributed by atoms with E-state index in [-0.39, 0.29) is 60.7 Å². The predicted octanol–water partition coefficient (Wildman–Crippen LogP) is 5.57. The number of ether oxygens (including phenoxy) is 1. The van der Waals surface area contributed by atoms with Gasteiger partial charge in [0.1, 0.15) is 11.3 Å². The highest BCUT2D eigenvalue weighted by molar-refractivity contribution is 5.96. The molecule has 1 fully saturated rings. The monoisotopic (exact) mass is 539 g/mol. The van der Waals surface area contributed by atoms with Crippen LogP contribution in [0.25, 0.3) is 0 Å². The first-order valence-electron chi connectivity index (χ1n) is 11.1. The van der Waals surface area contributed by atoms with Crippen molar-refractivity contribution in [2.75, 3.05) is 31.1 Å². The first-order chi connectivity index (χ1) is 17.8. The molecule has 0 spiro atoms. The average molecular weight is 539 g/mol. The van der Waals surface area contributed by atoms with Crippen molar-refractivity contribution in [2.24, 2.45) is 0 Å². The van der Waals surface area contributed by atoms with Gasteiger partial charge in [-0.1, -0.05) is 0 Å². The molecule has 0 saturated carbocycles. The van der Waals surface area contributed by atoms with Crippen molar-refractivity contribution in [2.45, 2.75) is 12.4 Å². The molecular formula is C25H19F6N3O4. The summed E-state index contributed by atoms with van der Waals surface area (Å²) in [5, 5.41) is 9.01. The number of carboxylic acids is 1. The van der Waals surface area contributed by atoms with Gasteiger partial charge in [-0.2, -0.15) is 26.3 Å². The van der Waals surface area contributed by atoms with E-state index in [2.05, 4.69) is 4.98 Å². The largest absolute Gasteiger partial charge is 0.478 e. The molecule has 1 saturated heterocycles. The maximum absolute atomic E-state index is 13.2. The standard InChI is InChI=1S/C25H19F6N3O4/c26-24(27,28)16-12-17(25(29,30)31)14-18(13-16)33-8-10-34(11-9-33)22(35)20-2-1-7-32-21(20)38-19-5-3-15(4-6-19)23(36)37/h1-7,12-14H,8-11H2,(H,36,37). The van der Waals surface area contributed by atoms with Crippen LogP contribution in [-0.4, -0.2) is 53.0 Å². The third kappa shape index (κ3) is 5.98. The number of piperazine rings is 1. The maximum atomic E-state index is 13.2. The number of amides is 1. The van der Waals surface area contributed by atoms with Crippen molar-refractivity contribution in [3.63, 3.8) is 0 Å². The third-order valence-electron chi connectivity index (χ3n) is 5.82. The van der Waals surface area contributed by atoms with E-state index in [9.17, 15) is 35.9 Å². The summed E-state index contributed by atoms with van der Waals surface area (Å²) < 4.78 is 85.0. The molecule has 38 heavy (non-hydrogen) atoms. The highest BCUT2D eigenvalue weighted by atomic mass is 19.4. The number of carbonyl (C=O) groups is 2. The number of anilines is 1. The Balaban J connectivity index is 1.49. The summed E-state index contributed by atoms with van der Waals surface area (Å²) in [5.74, 6) is -1.42. The molecule has 13 heteroatoms. The Labute approximate surface area is 211 Å². The summed E-state index contributed by atoms with van der Waals surface area (Å²) in [5.41, 5.74) is -2.93. The van der Waals surface area contributed by atoms with E-state index in [0.29, 0.717) is 12.1 Å². The lowest BCUT2D eigenvalue weighted by molar-refractivity contribution is -0.143. The van der Waals surface area contributed by atoms with Gasteiger partial charge in [0.05, 0.1) is 16.7 Å². The second-order valence-electron chi connectivity index (χ2n) is 8.33. The number of carboxylic acid groups (broad SMARTS) is 1. The lowest BCUT2D eigenvalue weighted by Gasteiger charge is -2.36. The minimum Gasteiger partial charge on any atom is -0.478 e. The number of aromatic nitrogens is 1. The molecule has 1 aliphatic heterocycles. The van der Waals surface area contributed by atoms with Gasteiger partial charge < -0.3 is 19.6 Å². The SMILES string of the molecule is O=C(O)c1ccc(Oc2ncccc2C(=O)N2CCN(c3cc(C(F)(F)F)cc(C(F)(F)F)c3)CC2)cc1. The zero-order chi connectivity index (χ0) is 27.7. The second kappa shape index (κ2) is 10.2. The van der Waals surface area contributed by atoms with Gasteiger partial charge in [0, 0.05) is 38.1 Å². The van der Waals surface area contributed by atoms with Gasteiger partial charge in [0.2, 0.25) is 5.88 Å². The van der Waals surface area contributed by atoms with Crippen molar-refractivity contribution in [1.29, 1.82) is 0 Å². The number of halogens is 6. The van der Waals surface area contributed by atoms with Gasteiger partial charge in [-0.3, -0.25) is 4.79 Å². The summed E-state index contributed by atoms with van der Waals surface area (Å²) in [6.45, 7) is 0.0467. The Kier molecular flexibility index (Phi) is 7.20. The zero-order valence-corrected chi connectivity index (χ0v) is 19.4. The lowest BCUT2D eigenvalue weighted by Crippen LogP contribution is -2.49. The summed E-state index contributed by atoms with van der Waals surface area (Å²) in [6.07, 6.45) is -8.53. The van der Waals surface area contributed by atoms with Crippen LogP contribution in [0, 0.1) is 0 Å². The molecular weight excluding hydrogens is 520 g/mol. The van der Waals surface area contributed by atoms with E-state index in [4.69, 9.17) is 9.84 Å². The van der Waals surface area contributed by atoms with Crippen molar-refractivity contribution in [3.8, 4) is 11.6 Å². The van der Waals surface area contributed by atoms with Gasteiger partial charge >= 0.3 is 18.3 Å². The fourth-order valence-electron chi connectivity index (χ4n) is 3.87. The summed E-state index contributed by atoms with van der Waals surface area (Å²) in [6, 6.07) is 9.80. The van der Waals surface area contributed by atoms with E-state index in [1.165, 1.54) is 52.4 Å². The Hall–Kier alpha value is -4.29. The third-order valence-corrected chi connectivity index (χ3v) is 5.82. The Morgan fingerprint density at radius 3 is 1.95 bits per heavy atom. The molecule has 1 N–H and O–H groups in total. The smallest absolute Gasteiger partial charge is 0.416 e. The molecule has 0 radical (unpaired) electrons. The molecule has 3 aromatic rings. The molecule has 7 nitrogen and oxygen atoms in total. The van der Waals surface area contributed by atoms with E-state index in [1.807, 2.05) is 0 Å². The van der Waals surface area contributed by atoms with Crippen molar-refractivity contribution in [1.82, 2.24) is 9.88 Å². The molecule has 1 aromatic heterocycles. The van der Waals surface area contributed by atoms with Crippen LogP contribution in [0.2, 0.25) is 0 Å². The fraction of sp³-hybridized carbons (Fsp3) is 0.240. The van der Waals surface area contributed by atoms with Gasteiger partial charge in [-0.25, -0.2) is 9.78 Å². The normalized spacial score (nSPS) is 14.4. The molecule has 200 valence electrons. The summed E-state index contributed by atoms with van der Waals surface area (Å²) in [4.78, 5) is 31.0. The molecule has 1 aliphatic rings. The number of benzene rings is 2. The number of aromatic carboxylic acids is 1. The molecule has 1 amide bonds. The average Bonchev–Trinajstić information content (AvgIpc) is 2.88. The van der Waals surface area contributed by atoms with Crippen molar-refractivity contribution < 1.29 is 45.8 Å². The molecule has 0 bridgehead atoms. The number of carbonyl (C=O) groups excluding carboxylic acids is 1.